The van der Waals surface area contributed by atoms with Crippen molar-refractivity contribution in [3.63, 3.8) is 0 Å². The fourth-order valence-electron chi connectivity index (χ4n) is 1.57. The molecule has 0 aliphatic rings. The van der Waals surface area contributed by atoms with E-state index >= 15 is 0 Å². The summed E-state index contributed by atoms with van der Waals surface area (Å²) in [5.41, 5.74) is 1.04. The number of thiazole rings is 1. The maximum atomic E-state index is 9.73. The molecule has 0 amide bonds. The highest BCUT2D eigenvalue weighted by Gasteiger charge is 2.05. The fourth-order valence-corrected chi connectivity index (χ4v) is 2.32. The van der Waals surface area contributed by atoms with Crippen molar-refractivity contribution in [1.29, 1.82) is 0 Å². The van der Waals surface area contributed by atoms with E-state index in [2.05, 4.69) is 17.2 Å². The summed E-state index contributed by atoms with van der Waals surface area (Å²) in [6.07, 6.45) is 1.74. The molecule has 2 N–H and O–H groups in total. The summed E-state index contributed by atoms with van der Waals surface area (Å²) < 4.78 is 10.7. The van der Waals surface area contributed by atoms with Gasteiger partial charge in [-0.2, -0.15) is 0 Å². The third kappa shape index (κ3) is 8.60. The van der Waals surface area contributed by atoms with Crippen molar-refractivity contribution in [2.24, 2.45) is 0 Å². The van der Waals surface area contributed by atoms with E-state index in [0.717, 1.165) is 30.2 Å². The quantitative estimate of drug-likeness (QED) is 0.576. The van der Waals surface area contributed by atoms with Crippen LogP contribution in [0.2, 0.25) is 0 Å². The van der Waals surface area contributed by atoms with Crippen molar-refractivity contribution in [1.82, 2.24) is 10.3 Å². The first kappa shape index (κ1) is 17.5. The van der Waals surface area contributed by atoms with Crippen LogP contribution in [0.3, 0.4) is 0 Å². The van der Waals surface area contributed by atoms with Crippen molar-refractivity contribution >= 4 is 11.3 Å². The van der Waals surface area contributed by atoms with E-state index in [1.54, 1.807) is 11.3 Å². The average molecular weight is 302 g/mol. The molecule has 20 heavy (non-hydrogen) atoms. The highest BCUT2D eigenvalue weighted by atomic mass is 32.1. The number of hydrogen-bond acceptors (Lipinski definition) is 6. The molecule has 1 heterocycles. The number of unbranched alkanes of at least 4 members (excludes halogenated alkanes) is 1. The summed E-state index contributed by atoms with van der Waals surface area (Å²) in [5.74, 6) is 0. The number of rotatable bonds is 12. The summed E-state index contributed by atoms with van der Waals surface area (Å²) in [6, 6.07) is 0. The minimum Gasteiger partial charge on any atom is -0.389 e. The SMILES string of the molecule is CCCCOCCOCC(O)CNCc1nc(C)cs1. The first-order chi connectivity index (χ1) is 9.72. The number of aliphatic hydroxyl groups excluding tert-OH is 1. The number of aromatic nitrogens is 1. The van der Waals surface area contributed by atoms with Crippen LogP contribution in [0.5, 0.6) is 0 Å². The lowest BCUT2D eigenvalue weighted by molar-refractivity contribution is 0.00385. The molecule has 0 spiro atoms. The number of aliphatic hydroxyl groups is 1. The Morgan fingerprint density at radius 1 is 1.35 bits per heavy atom. The molecule has 116 valence electrons. The molecule has 0 aliphatic heterocycles. The van der Waals surface area contributed by atoms with E-state index in [0.29, 0.717) is 32.9 Å². The Hall–Kier alpha value is -0.530. The van der Waals surface area contributed by atoms with Crippen LogP contribution in [0.4, 0.5) is 0 Å². The molecular weight excluding hydrogens is 276 g/mol. The Morgan fingerprint density at radius 2 is 2.15 bits per heavy atom. The maximum absolute atomic E-state index is 9.73. The van der Waals surface area contributed by atoms with Gasteiger partial charge in [-0.25, -0.2) is 4.98 Å². The van der Waals surface area contributed by atoms with Crippen LogP contribution in [-0.2, 0) is 16.0 Å². The normalized spacial score (nSPS) is 12.8. The van der Waals surface area contributed by atoms with E-state index < -0.39 is 6.10 Å². The summed E-state index contributed by atoms with van der Waals surface area (Å²) in [5, 5.41) is 16.0. The lowest BCUT2D eigenvalue weighted by Gasteiger charge is -2.12. The van der Waals surface area contributed by atoms with E-state index in [4.69, 9.17) is 9.47 Å². The van der Waals surface area contributed by atoms with Gasteiger partial charge >= 0.3 is 0 Å². The zero-order valence-corrected chi connectivity index (χ0v) is 13.2. The molecule has 0 fully saturated rings. The molecule has 5 nitrogen and oxygen atoms in total. The van der Waals surface area contributed by atoms with Crippen molar-refractivity contribution in [2.75, 3.05) is 33.0 Å². The van der Waals surface area contributed by atoms with Gasteiger partial charge in [-0.1, -0.05) is 13.3 Å². The van der Waals surface area contributed by atoms with Crippen molar-refractivity contribution in [2.45, 2.75) is 39.3 Å². The zero-order valence-electron chi connectivity index (χ0n) is 12.4. The molecule has 0 radical (unpaired) electrons. The maximum Gasteiger partial charge on any atom is 0.107 e. The van der Waals surface area contributed by atoms with Crippen molar-refractivity contribution in [3.8, 4) is 0 Å². The molecular formula is C14H26N2O3S. The number of nitrogens with one attached hydrogen (secondary N) is 1. The van der Waals surface area contributed by atoms with Gasteiger partial charge in [0.15, 0.2) is 0 Å². The minimum absolute atomic E-state index is 0.334. The second-order valence-electron chi connectivity index (χ2n) is 4.71. The van der Waals surface area contributed by atoms with Crippen LogP contribution in [0.15, 0.2) is 5.38 Å². The average Bonchev–Trinajstić information content (AvgIpc) is 2.83. The summed E-state index contributed by atoms with van der Waals surface area (Å²) in [6.45, 7) is 7.57. The number of aryl methyl sites for hydroxylation is 1. The molecule has 1 unspecified atom stereocenters. The van der Waals surface area contributed by atoms with E-state index in [9.17, 15) is 5.11 Å². The topological polar surface area (TPSA) is 63.6 Å². The second kappa shape index (κ2) is 11.2. The first-order valence-corrected chi connectivity index (χ1v) is 8.05. The Balaban J connectivity index is 1.91. The zero-order chi connectivity index (χ0) is 14.6. The highest BCUT2D eigenvalue weighted by Crippen LogP contribution is 2.07. The summed E-state index contributed by atoms with van der Waals surface area (Å²) in [4.78, 5) is 4.35. The molecule has 1 aromatic rings. The third-order valence-corrected chi connectivity index (χ3v) is 3.61. The molecule has 0 saturated carbocycles. The predicted octanol–water partition coefficient (Wildman–Crippen LogP) is 1.74. The molecule has 1 atom stereocenters. The van der Waals surface area contributed by atoms with E-state index in [1.165, 1.54) is 0 Å². The lowest BCUT2D eigenvalue weighted by Crippen LogP contribution is -2.30. The molecule has 0 saturated heterocycles. The van der Waals surface area contributed by atoms with Crippen LogP contribution >= 0.6 is 11.3 Å². The van der Waals surface area contributed by atoms with Crippen molar-refractivity contribution < 1.29 is 14.6 Å². The summed E-state index contributed by atoms with van der Waals surface area (Å²) in [7, 11) is 0. The Morgan fingerprint density at radius 3 is 2.85 bits per heavy atom. The fraction of sp³-hybridized carbons (Fsp3) is 0.786. The molecule has 0 aliphatic carbocycles. The third-order valence-electron chi connectivity index (χ3n) is 2.65. The van der Waals surface area contributed by atoms with Crippen LogP contribution in [0.25, 0.3) is 0 Å². The van der Waals surface area contributed by atoms with Gasteiger partial charge in [0.2, 0.25) is 0 Å². The van der Waals surface area contributed by atoms with Gasteiger partial charge in [-0.15, -0.1) is 11.3 Å². The van der Waals surface area contributed by atoms with Gasteiger partial charge in [-0.3, -0.25) is 0 Å². The van der Waals surface area contributed by atoms with Crippen LogP contribution in [0.1, 0.15) is 30.5 Å². The number of nitrogens with zero attached hydrogens (tertiary/aromatic N) is 1. The predicted molar refractivity (Wildman–Crippen MR) is 81.1 cm³/mol. The van der Waals surface area contributed by atoms with Gasteiger partial charge < -0.3 is 19.9 Å². The standard InChI is InChI=1S/C14H26N2O3S/c1-3-4-5-18-6-7-19-10-13(17)8-15-9-14-16-12(2)11-20-14/h11,13,15,17H,3-10H2,1-2H3. The van der Waals surface area contributed by atoms with Gasteiger partial charge in [-0.05, 0) is 13.3 Å². The van der Waals surface area contributed by atoms with Crippen molar-refractivity contribution in [3.05, 3.63) is 16.1 Å². The van der Waals surface area contributed by atoms with Gasteiger partial charge in [0.25, 0.3) is 0 Å². The first-order valence-electron chi connectivity index (χ1n) is 7.17. The van der Waals surface area contributed by atoms with E-state index in [-0.39, 0.29) is 0 Å². The smallest absolute Gasteiger partial charge is 0.107 e. The minimum atomic E-state index is -0.494. The molecule has 0 aromatic carbocycles. The van der Waals surface area contributed by atoms with Crippen LogP contribution in [0, 0.1) is 6.92 Å². The lowest BCUT2D eigenvalue weighted by atomic mass is 10.4. The molecule has 6 heteroatoms. The number of ether oxygens (including phenoxy) is 2. The van der Waals surface area contributed by atoms with Crippen LogP contribution in [-0.4, -0.2) is 49.2 Å². The van der Waals surface area contributed by atoms with Gasteiger partial charge in [0.05, 0.1) is 25.9 Å². The molecule has 1 aromatic heterocycles. The van der Waals surface area contributed by atoms with Crippen LogP contribution < -0.4 is 5.32 Å². The molecule has 0 bridgehead atoms. The largest absolute Gasteiger partial charge is 0.389 e. The Kier molecular flexibility index (Phi) is 9.78. The Labute approximate surface area is 125 Å². The number of hydrogen-bond donors (Lipinski definition) is 2. The highest BCUT2D eigenvalue weighted by molar-refractivity contribution is 7.09. The molecule has 1 rings (SSSR count). The Bertz CT molecular complexity index is 347. The van der Waals surface area contributed by atoms with Gasteiger partial charge in [0.1, 0.15) is 5.01 Å². The second-order valence-corrected chi connectivity index (χ2v) is 5.65. The monoisotopic (exact) mass is 302 g/mol. The van der Waals surface area contributed by atoms with E-state index in [1.807, 2.05) is 12.3 Å². The van der Waals surface area contributed by atoms with Gasteiger partial charge in [0, 0.05) is 30.8 Å². The summed E-state index contributed by atoms with van der Waals surface area (Å²) >= 11 is 1.63.